The van der Waals surface area contributed by atoms with Crippen LogP contribution in [0.15, 0.2) is 24.3 Å². The summed E-state index contributed by atoms with van der Waals surface area (Å²) in [5.41, 5.74) is 0.662. The fraction of sp³-hybridized carbons (Fsp3) is 0.579. The van der Waals surface area contributed by atoms with Gasteiger partial charge in [-0.05, 0) is 55.6 Å². The first-order valence-electron chi connectivity index (χ1n) is 9.13. The van der Waals surface area contributed by atoms with Gasteiger partial charge in [0.2, 0.25) is 0 Å². The molecular weight excluding hydrogens is 350 g/mol. The average molecular weight is 378 g/mol. The molecular formula is C19H27N3O3S. The van der Waals surface area contributed by atoms with Crippen molar-refractivity contribution in [2.24, 2.45) is 0 Å². The molecule has 0 spiro atoms. The van der Waals surface area contributed by atoms with E-state index in [0.717, 1.165) is 56.6 Å². The molecule has 1 heterocycles. The average Bonchev–Trinajstić information content (AvgIpc) is 3.34. The molecule has 1 aliphatic heterocycles. The molecule has 1 N–H and O–H groups in total. The lowest BCUT2D eigenvalue weighted by Gasteiger charge is -2.33. The van der Waals surface area contributed by atoms with Crippen molar-refractivity contribution >= 4 is 23.2 Å². The highest BCUT2D eigenvalue weighted by Gasteiger charge is 2.54. The highest BCUT2D eigenvalue weighted by molar-refractivity contribution is 7.80. The molecule has 1 saturated heterocycles. The lowest BCUT2D eigenvalue weighted by molar-refractivity contribution is -0.141. The van der Waals surface area contributed by atoms with Gasteiger partial charge in [0.15, 0.2) is 5.11 Å². The van der Waals surface area contributed by atoms with Gasteiger partial charge in [0.05, 0.1) is 12.5 Å². The fourth-order valence-electron chi connectivity index (χ4n) is 3.45. The van der Waals surface area contributed by atoms with Crippen LogP contribution in [0, 0.1) is 0 Å². The van der Waals surface area contributed by atoms with E-state index in [1.165, 1.54) is 0 Å². The quantitative estimate of drug-likeness (QED) is 0.580. The lowest BCUT2D eigenvalue weighted by atomic mass is 9.94. The van der Waals surface area contributed by atoms with E-state index in [2.05, 4.69) is 5.32 Å². The Balaban J connectivity index is 1.66. The number of carbonyl (C=O) groups excluding carboxylic acids is 1. The maximum Gasteiger partial charge on any atom is 0.251 e. The van der Waals surface area contributed by atoms with Crippen LogP contribution in [0.1, 0.15) is 31.2 Å². The highest BCUT2D eigenvalue weighted by atomic mass is 32.1. The summed E-state index contributed by atoms with van der Waals surface area (Å²) in [6.07, 6.45) is 3.59. The molecule has 2 aliphatic rings. The van der Waals surface area contributed by atoms with Crippen LogP contribution in [0.5, 0.6) is 5.75 Å². The third kappa shape index (κ3) is 3.78. The zero-order valence-electron chi connectivity index (χ0n) is 15.5. The van der Waals surface area contributed by atoms with Crippen LogP contribution in [0.25, 0.3) is 0 Å². The van der Waals surface area contributed by atoms with Gasteiger partial charge in [-0.25, -0.2) is 0 Å². The molecule has 0 bridgehead atoms. The Hall–Kier alpha value is -1.86. The van der Waals surface area contributed by atoms with Gasteiger partial charge >= 0.3 is 0 Å². The van der Waals surface area contributed by atoms with E-state index in [1.807, 2.05) is 34.3 Å². The summed E-state index contributed by atoms with van der Waals surface area (Å²) < 4.78 is 10.3. The van der Waals surface area contributed by atoms with E-state index in [4.69, 9.17) is 21.7 Å². The predicted molar refractivity (Wildman–Crippen MR) is 104 cm³/mol. The maximum atomic E-state index is 13.3. The molecule has 3 rings (SSSR count). The van der Waals surface area contributed by atoms with E-state index in [1.54, 1.807) is 14.2 Å². The minimum Gasteiger partial charge on any atom is -0.497 e. The number of hydrogen-bond donors (Lipinski definition) is 1. The largest absolute Gasteiger partial charge is 0.497 e. The number of nitrogens with one attached hydrogen (secondary N) is 1. The fourth-order valence-corrected chi connectivity index (χ4v) is 3.74. The van der Waals surface area contributed by atoms with E-state index in [-0.39, 0.29) is 5.91 Å². The number of methoxy groups -OCH3 is 2. The van der Waals surface area contributed by atoms with Crippen molar-refractivity contribution in [3.63, 3.8) is 0 Å². The van der Waals surface area contributed by atoms with Crippen molar-refractivity contribution in [3.05, 3.63) is 29.8 Å². The second-order valence-electron chi connectivity index (χ2n) is 6.79. The summed E-state index contributed by atoms with van der Waals surface area (Å²) in [5.74, 6) is 0.961. The first-order chi connectivity index (χ1) is 12.6. The molecule has 1 aromatic rings. The van der Waals surface area contributed by atoms with Crippen LogP contribution in [0.4, 0.5) is 0 Å². The first-order valence-corrected chi connectivity index (χ1v) is 9.54. The van der Waals surface area contributed by atoms with Crippen LogP contribution in [-0.4, -0.2) is 61.5 Å². The summed E-state index contributed by atoms with van der Waals surface area (Å²) in [4.78, 5) is 13.3. The van der Waals surface area contributed by atoms with Crippen molar-refractivity contribution < 1.29 is 14.3 Å². The van der Waals surface area contributed by atoms with E-state index in [0.29, 0.717) is 11.7 Å². The van der Waals surface area contributed by atoms with Gasteiger partial charge < -0.3 is 14.8 Å². The number of benzene rings is 1. The van der Waals surface area contributed by atoms with Crippen molar-refractivity contribution in [3.8, 4) is 5.75 Å². The van der Waals surface area contributed by atoms with Gasteiger partial charge in [-0.2, -0.15) is 0 Å². The number of hydrazine groups is 1. The molecule has 1 amide bonds. The molecule has 1 saturated carbocycles. The van der Waals surface area contributed by atoms with Crippen molar-refractivity contribution in [1.82, 2.24) is 15.3 Å². The third-order valence-electron chi connectivity index (χ3n) is 5.10. The molecule has 7 heteroatoms. The number of ether oxygens (including phenoxy) is 2. The van der Waals surface area contributed by atoms with Crippen molar-refractivity contribution in [2.45, 2.75) is 31.1 Å². The van der Waals surface area contributed by atoms with Crippen LogP contribution >= 0.6 is 12.2 Å². The Morgan fingerprint density at radius 1 is 1.19 bits per heavy atom. The van der Waals surface area contributed by atoms with Gasteiger partial charge in [-0.3, -0.25) is 14.8 Å². The monoisotopic (exact) mass is 377 g/mol. The van der Waals surface area contributed by atoms with E-state index in [9.17, 15) is 4.79 Å². The zero-order chi connectivity index (χ0) is 18.6. The number of thiocarbonyl (C=S) groups is 1. The molecule has 2 fully saturated rings. The molecule has 1 aliphatic carbocycles. The van der Waals surface area contributed by atoms with Crippen molar-refractivity contribution in [1.29, 1.82) is 0 Å². The van der Waals surface area contributed by atoms with Crippen LogP contribution < -0.4 is 10.1 Å². The Morgan fingerprint density at radius 2 is 1.88 bits per heavy atom. The van der Waals surface area contributed by atoms with Crippen LogP contribution in [-0.2, 0) is 14.9 Å². The van der Waals surface area contributed by atoms with E-state index >= 15 is 0 Å². The molecule has 142 valence electrons. The molecule has 0 unspecified atom stereocenters. The Bertz CT molecular complexity index is 646. The topological polar surface area (TPSA) is 54.0 Å². The molecule has 0 atom stereocenters. The minimum absolute atomic E-state index is 0.154. The minimum atomic E-state index is -0.402. The summed E-state index contributed by atoms with van der Waals surface area (Å²) in [7, 11) is 3.34. The Labute approximate surface area is 160 Å². The molecule has 1 aromatic carbocycles. The molecule has 26 heavy (non-hydrogen) atoms. The van der Waals surface area contributed by atoms with Crippen LogP contribution in [0.2, 0.25) is 0 Å². The number of hydrogen-bond acceptors (Lipinski definition) is 4. The predicted octanol–water partition coefficient (Wildman–Crippen LogP) is 2.09. The van der Waals surface area contributed by atoms with Gasteiger partial charge in [0, 0.05) is 33.4 Å². The number of amides is 1. The van der Waals surface area contributed by atoms with Gasteiger partial charge in [0.1, 0.15) is 5.75 Å². The molecule has 0 radical (unpaired) electrons. The third-order valence-corrected chi connectivity index (χ3v) is 5.46. The number of carbonyl (C=O) groups is 1. The Kier molecular flexibility index (Phi) is 5.98. The van der Waals surface area contributed by atoms with Gasteiger partial charge in [-0.15, -0.1) is 0 Å². The second kappa shape index (κ2) is 8.22. The highest BCUT2D eigenvalue weighted by Crippen LogP contribution is 2.50. The van der Waals surface area contributed by atoms with Crippen LogP contribution in [0.3, 0.4) is 0 Å². The Morgan fingerprint density at radius 3 is 2.50 bits per heavy atom. The number of rotatable bonds is 7. The maximum absolute atomic E-state index is 13.3. The second-order valence-corrected chi connectivity index (χ2v) is 7.18. The summed E-state index contributed by atoms with van der Waals surface area (Å²) >= 11 is 5.52. The summed E-state index contributed by atoms with van der Waals surface area (Å²) in [6, 6.07) is 7.86. The smallest absolute Gasteiger partial charge is 0.251 e. The SMILES string of the molecule is COCCCNC(=S)N1CCCN1C(=O)C1(c2ccc(OC)cc2)CC1. The standard InChI is InChI=1S/C19H27N3O3S/c1-24-14-3-11-20-18(26)22-13-4-12-21(22)17(23)19(9-10-19)15-5-7-16(25-2)8-6-15/h5-8H,3-4,9-14H2,1-2H3,(H,20,26). The van der Waals surface area contributed by atoms with E-state index < -0.39 is 5.41 Å². The van der Waals surface area contributed by atoms with Gasteiger partial charge in [0.25, 0.3) is 5.91 Å². The summed E-state index contributed by atoms with van der Waals surface area (Å²) in [5, 5.41) is 7.62. The van der Waals surface area contributed by atoms with Crippen molar-refractivity contribution in [2.75, 3.05) is 40.5 Å². The summed E-state index contributed by atoms with van der Waals surface area (Å²) in [6.45, 7) is 2.94. The lowest BCUT2D eigenvalue weighted by Crippen LogP contribution is -2.52. The van der Waals surface area contributed by atoms with Gasteiger partial charge in [-0.1, -0.05) is 12.1 Å². The first kappa shape index (κ1) is 18.9. The zero-order valence-corrected chi connectivity index (χ0v) is 16.3. The number of nitrogens with zero attached hydrogens (tertiary/aromatic N) is 2. The molecule has 6 nitrogen and oxygen atoms in total. The normalized spacial score (nSPS) is 17.9. The molecule has 0 aromatic heterocycles.